The average molecular weight is 493 g/mol. The van der Waals surface area contributed by atoms with Crippen molar-refractivity contribution in [1.29, 1.82) is 0 Å². The minimum Gasteiger partial charge on any atom is -0.330 e. The van der Waals surface area contributed by atoms with Gasteiger partial charge in [-0.15, -0.1) is 0 Å². The van der Waals surface area contributed by atoms with Crippen molar-refractivity contribution in [1.82, 2.24) is 14.5 Å². The molecule has 184 valence electrons. The quantitative estimate of drug-likeness (QED) is 0.362. The normalized spacial score (nSPS) is 11.2. The van der Waals surface area contributed by atoms with E-state index in [0.717, 1.165) is 17.7 Å². The number of imidazole rings is 1. The molecule has 0 radical (unpaired) electrons. The third-order valence-electron chi connectivity index (χ3n) is 5.52. The minimum atomic E-state index is -4.46. The number of rotatable bonds is 7. The fraction of sp³-hybridized carbons (Fsp3) is 0.148. The summed E-state index contributed by atoms with van der Waals surface area (Å²) in [5, 5.41) is 2.71. The number of nitrogens with zero attached hydrogens (tertiary/aromatic N) is 3. The molecule has 0 saturated carbocycles. The number of amides is 2. The summed E-state index contributed by atoms with van der Waals surface area (Å²) in [6, 6.07) is 22.4. The van der Waals surface area contributed by atoms with Crippen LogP contribution in [0.2, 0.25) is 0 Å². The van der Waals surface area contributed by atoms with Crippen molar-refractivity contribution in [3.8, 4) is 16.9 Å². The van der Waals surface area contributed by atoms with Gasteiger partial charge in [0.15, 0.2) is 0 Å². The Kier molecular flexibility index (Phi) is 7.19. The van der Waals surface area contributed by atoms with Gasteiger partial charge in [-0.25, -0.2) is 4.98 Å². The highest BCUT2D eigenvalue weighted by Crippen LogP contribution is 2.31. The van der Waals surface area contributed by atoms with Crippen molar-refractivity contribution in [3.05, 3.63) is 102 Å². The van der Waals surface area contributed by atoms with Crippen LogP contribution < -0.4 is 5.32 Å². The van der Waals surface area contributed by atoms with Crippen LogP contribution in [0, 0.1) is 0 Å². The van der Waals surface area contributed by atoms with Gasteiger partial charge in [0.2, 0.25) is 11.9 Å². The summed E-state index contributed by atoms with van der Waals surface area (Å²) in [5.41, 5.74) is 1.37. The first-order chi connectivity index (χ1) is 17.3. The number of hydrogen-bond donors (Lipinski definition) is 1. The predicted molar refractivity (Wildman–Crippen MR) is 131 cm³/mol. The van der Waals surface area contributed by atoms with E-state index in [4.69, 9.17) is 0 Å². The number of benzene rings is 3. The summed E-state index contributed by atoms with van der Waals surface area (Å²) in [6.45, 7) is 1.86. The maximum atomic E-state index is 13.0. The molecular weight excluding hydrogens is 469 g/mol. The van der Waals surface area contributed by atoms with Gasteiger partial charge >= 0.3 is 6.18 Å². The lowest BCUT2D eigenvalue weighted by Crippen LogP contribution is -2.38. The lowest BCUT2D eigenvalue weighted by Gasteiger charge is -2.20. The second kappa shape index (κ2) is 10.5. The molecule has 0 fully saturated rings. The zero-order valence-electron chi connectivity index (χ0n) is 19.4. The van der Waals surface area contributed by atoms with Crippen LogP contribution in [0.4, 0.5) is 19.1 Å². The molecule has 0 aliphatic rings. The Bertz CT molecular complexity index is 1340. The average Bonchev–Trinajstić information content (AvgIpc) is 3.31. The maximum absolute atomic E-state index is 13.0. The molecule has 0 bridgehead atoms. The molecule has 0 saturated heterocycles. The van der Waals surface area contributed by atoms with Gasteiger partial charge in [0.05, 0.1) is 11.3 Å². The van der Waals surface area contributed by atoms with Gasteiger partial charge in [-0.2, -0.15) is 13.2 Å². The van der Waals surface area contributed by atoms with E-state index >= 15 is 0 Å². The molecule has 0 aliphatic heterocycles. The molecule has 1 aromatic heterocycles. The van der Waals surface area contributed by atoms with Crippen molar-refractivity contribution in [2.75, 3.05) is 18.4 Å². The van der Waals surface area contributed by atoms with Crippen molar-refractivity contribution in [2.24, 2.45) is 0 Å². The molecule has 0 spiro atoms. The van der Waals surface area contributed by atoms with Gasteiger partial charge in [-0.3, -0.25) is 19.5 Å². The van der Waals surface area contributed by atoms with E-state index in [-0.39, 0.29) is 18.4 Å². The van der Waals surface area contributed by atoms with Crippen LogP contribution in [0.1, 0.15) is 22.8 Å². The van der Waals surface area contributed by atoms with Crippen LogP contribution in [-0.4, -0.2) is 39.4 Å². The predicted octanol–water partition coefficient (Wildman–Crippen LogP) is 5.66. The third-order valence-corrected chi connectivity index (χ3v) is 5.52. The Hall–Kier alpha value is -4.40. The Morgan fingerprint density at radius 1 is 0.917 bits per heavy atom. The van der Waals surface area contributed by atoms with E-state index in [2.05, 4.69) is 10.3 Å². The van der Waals surface area contributed by atoms with Gasteiger partial charge < -0.3 is 4.90 Å². The summed E-state index contributed by atoms with van der Waals surface area (Å²) in [5.74, 6) is -0.648. The van der Waals surface area contributed by atoms with E-state index in [1.54, 1.807) is 43.5 Å². The number of nitrogens with one attached hydrogen (secondary N) is 1. The first kappa shape index (κ1) is 24.7. The third kappa shape index (κ3) is 5.63. The first-order valence-corrected chi connectivity index (χ1v) is 11.2. The van der Waals surface area contributed by atoms with Gasteiger partial charge in [0, 0.05) is 29.6 Å². The number of aromatic nitrogens is 2. The molecular formula is C27H23F3N4O2. The molecule has 4 rings (SSSR count). The molecule has 36 heavy (non-hydrogen) atoms. The van der Waals surface area contributed by atoms with Gasteiger partial charge in [0.25, 0.3) is 5.91 Å². The number of carbonyl (C=O) groups is 2. The van der Waals surface area contributed by atoms with E-state index in [9.17, 15) is 22.8 Å². The fourth-order valence-corrected chi connectivity index (χ4v) is 3.65. The molecule has 9 heteroatoms. The second-order valence-corrected chi connectivity index (χ2v) is 7.96. The lowest BCUT2D eigenvalue weighted by molar-refractivity contribution is -0.137. The van der Waals surface area contributed by atoms with Crippen LogP contribution in [-0.2, 0) is 11.0 Å². The largest absolute Gasteiger partial charge is 0.416 e. The summed E-state index contributed by atoms with van der Waals surface area (Å²) in [4.78, 5) is 31.6. The van der Waals surface area contributed by atoms with Gasteiger partial charge in [0.1, 0.15) is 6.54 Å². The molecule has 0 atom stereocenters. The highest BCUT2D eigenvalue weighted by molar-refractivity contribution is 5.99. The van der Waals surface area contributed by atoms with E-state index in [1.165, 1.54) is 21.6 Å². The SMILES string of the molecule is CCN(CC(=O)Nc1nc(-c2ccccc2)cn1-c1ccc(C(F)(F)F)cc1)C(=O)c1ccccc1. The standard InChI is InChI=1S/C27H23F3N4O2/c1-2-33(25(36)20-11-7-4-8-12-20)18-24(35)32-26-31-23(19-9-5-3-6-10-19)17-34(26)22-15-13-21(14-16-22)27(28,29)30/h3-17H,2,18H2,1H3,(H,31,32,35). The molecule has 3 aromatic carbocycles. The smallest absolute Gasteiger partial charge is 0.330 e. The van der Waals surface area contributed by atoms with Crippen LogP contribution in [0.15, 0.2) is 91.1 Å². The number of likely N-dealkylation sites (N-methyl/N-ethyl adjacent to an activating group) is 1. The Morgan fingerprint density at radius 3 is 2.11 bits per heavy atom. The number of anilines is 1. The zero-order valence-corrected chi connectivity index (χ0v) is 19.4. The number of halogens is 3. The Morgan fingerprint density at radius 2 is 1.53 bits per heavy atom. The van der Waals surface area contributed by atoms with Crippen molar-refractivity contribution in [3.63, 3.8) is 0 Å². The maximum Gasteiger partial charge on any atom is 0.416 e. The van der Waals surface area contributed by atoms with E-state index in [1.807, 2.05) is 30.3 Å². The van der Waals surface area contributed by atoms with Crippen molar-refractivity contribution in [2.45, 2.75) is 13.1 Å². The lowest BCUT2D eigenvalue weighted by atomic mass is 10.2. The van der Waals surface area contributed by atoms with Crippen LogP contribution >= 0.6 is 0 Å². The van der Waals surface area contributed by atoms with Gasteiger partial charge in [-0.1, -0.05) is 48.5 Å². The second-order valence-electron chi connectivity index (χ2n) is 7.96. The van der Waals surface area contributed by atoms with Crippen LogP contribution in [0.5, 0.6) is 0 Å². The van der Waals surface area contributed by atoms with Crippen molar-refractivity contribution < 1.29 is 22.8 Å². The Balaban J connectivity index is 1.61. The van der Waals surface area contributed by atoms with E-state index < -0.39 is 17.6 Å². The monoisotopic (exact) mass is 492 g/mol. The number of carbonyl (C=O) groups excluding carboxylic acids is 2. The summed E-state index contributed by atoms with van der Waals surface area (Å²) < 4.78 is 40.6. The summed E-state index contributed by atoms with van der Waals surface area (Å²) >= 11 is 0. The molecule has 1 heterocycles. The summed E-state index contributed by atoms with van der Waals surface area (Å²) in [6.07, 6.45) is -2.82. The molecule has 0 aliphatic carbocycles. The van der Waals surface area contributed by atoms with Crippen LogP contribution in [0.3, 0.4) is 0 Å². The topological polar surface area (TPSA) is 67.2 Å². The molecule has 2 amide bonds. The molecule has 6 nitrogen and oxygen atoms in total. The summed E-state index contributed by atoms with van der Waals surface area (Å²) in [7, 11) is 0. The highest BCUT2D eigenvalue weighted by atomic mass is 19.4. The number of hydrogen-bond acceptors (Lipinski definition) is 3. The zero-order chi connectivity index (χ0) is 25.7. The molecule has 1 N–H and O–H groups in total. The highest BCUT2D eigenvalue weighted by Gasteiger charge is 2.30. The minimum absolute atomic E-state index is 0.127. The Labute approximate surface area is 206 Å². The van der Waals surface area contributed by atoms with E-state index in [0.29, 0.717) is 23.5 Å². The molecule has 0 unspecified atom stereocenters. The fourth-order valence-electron chi connectivity index (χ4n) is 3.65. The van der Waals surface area contributed by atoms with Gasteiger partial charge in [-0.05, 0) is 43.3 Å². The first-order valence-electron chi connectivity index (χ1n) is 11.2. The van der Waals surface area contributed by atoms with Crippen molar-refractivity contribution >= 4 is 17.8 Å². The van der Waals surface area contributed by atoms with Crippen LogP contribution in [0.25, 0.3) is 16.9 Å². The molecule has 4 aromatic rings. The number of alkyl halides is 3.